The molecule has 0 saturated heterocycles. The van der Waals surface area contributed by atoms with Gasteiger partial charge < -0.3 is 5.32 Å². The molecular weight excluding hydrogens is 457 g/mol. The summed E-state index contributed by atoms with van der Waals surface area (Å²) >= 11 is 6.19. The summed E-state index contributed by atoms with van der Waals surface area (Å²) in [5.74, 6) is -0.491. The van der Waals surface area contributed by atoms with Crippen molar-refractivity contribution in [2.75, 3.05) is 0 Å². The van der Waals surface area contributed by atoms with Crippen LogP contribution in [0.25, 0.3) is 10.9 Å². The molecule has 180 valence electrons. The second kappa shape index (κ2) is 11.0. The van der Waals surface area contributed by atoms with Gasteiger partial charge in [0.1, 0.15) is 5.82 Å². The first-order chi connectivity index (χ1) is 16.5. The van der Waals surface area contributed by atoms with Crippen LogP contribution >= 0.6 is 11.6 Å². The molecule has 2 aromatic carbocycles. The second-order valence-corrected chi connectivity index (χ2v) is 9.31. The van der Waals surface area contributed by atoms with E-state index < -0.39 is 11.5 Å². The minimum atomic E-state index is -0.519. The average Bonchev–Trinajstić information content (AvgIpc) is 2.83. The molecular formula is C26H29ClFN3O3. The highest BCUT2D eigenvalue weighted by molar-refractivity contribution is 6.31. The Morgan fingerprint density at radius 3 is 2.53 bits per heavy atom. The zero-order valence-corrected chi connectivity index (χ0v) is 19.8. The summed E-state index contributed by atoms with van der Waals surface area (Å²) in [5.41, 5.74) is -0.279. The van der Waals surface area contributed by atoms with Crippen molar-refractivity contribution in [3.63, 3.8) is 0 Å². The molecule has 1 aliphatic rings. The summed E-state index contributed by atoms with van der Waals surface area (Å²) < 4.78 is 17.0. The van der Waals surface area contributed by atoms with E-state index in [0.717, 1.165) is 25.7 Å². The molecule has 0 bridgehead atoms. The number of nitrogens with zero attached hydrogens (tertiary/aromatic N) is 2. The number of nitrogens with one attached hydrogen (secondary N) is 1. The number of aromatic nitrogens is 2. The lowest BCUT2D eigenvalue weighted by Gasteiger charge is -2.22. The van der Waals surface area contributed by atoms with E-state index in [2.05, 4.69) is 5.32 Å². The summed E-state index contributed by atoms with van der Waals surface area (Å²) in [6.45, 7) is 0.0964. The number of carbonyl (C=O) groups is 1. The van der Waals surface area contributed by atoms with Gasteiger partial charge in [-0.25, -0.2) is 9.18 Å². The normalized spacial score (nSPS) is 14.4. The van der Waals surface area contributed by atoms with Crippen LogP contribution in [0.3, 0.4) is 0 Å². The fourth-order valence-electron chi connectivity index (χ4n) is 4.66. The topological polar surface area (TPSA) is 73.1 Å². The van der Waals surface area contributed by atoms with E-state index in [9.17, 15) is 18.8 Å². The quantitative estimate of drug-likeness (QED) is 0.473. The van der Waals surface area contributed by atoms with Crippen LogP contribution in [0.1, 0.15) is 56.9 Å². The predicted octanol–water partition coefficient (Wildman–Crippen LogP) is 4.62. The standard InChI is InChI=1S/C26H29ClFN3O3/c27-21-12-8-13-22(28)20(21)17-31-23-14-5-4-11-19(23)25(33)30(26(31)34)16-7-6-15-24(32)29-18-9-2-1-3-10-18/h4-5,8,11-14,18H,1-3,6-7,9-10,15-17H2,(H,29,32). The summed E-state index contributed by atoms with van der Waals surface area (Å²) in [5, 5.41) is 3.69. The third-order valence-electron chi connectivity index (χ3n) is 6.52. The first kappa shape index (κ1) is 24.2. The number of unbranched alkanes of at least 4 members (excludes halogenated alkanes) is 1. The molecule has 0 spiro atoms. The van der Waals surface area contributed by atoms with Crippen LogP contribution in [-0.2, 0) is 17.9 Å². The Hall–Kier alpha value is -2.93. The van der Waals surface area contributed by atoms with Gasteiger partial charge in [-0.1, -0.05) is 49.1 Å². The summed E-state index contributed by atoms with van der Waals surface area (Å²) in [7, 11) is 0. The molecule has 0 radical (unpaired) electrons. The lowest BCUT2D eigenvalue weighted by Crippen LogP contribution is -2.40. The van der Waals surface area contributed by atoms with Crippen molar-refractivity contribution in [2.45, 2.75) is 70.5 Å². The van der Waals surface area contributed by atoms with Crippen molar-refractivity contribution >= 4 is 28.4 Å². The van der Waals surface area contributed by atoms with E-state index in [4.69, 9.17) is 11.6 Å². The zero-order chi connectivity index (χ0) is 24.1. The number of benzene rings is 2. The highest BCUT2D eigenvalue weighted by Crippen LogP contribution is 2.21. The van der Waals surface area contributed by atoms with Crippen LogP contribution in [0.5, 0.6) is 0 Å². The van der Waals surface area contributed by atoms with Crippen LogP contribution in [0.2, 0.25) is 5.02 Å². The van der Waals surface area contributed by atoms with Crippen LogP contribution in [-0.4, -0.2) is 21.1 Å². The number of hydrogen-bond donors (Lipinski definition) is 1. The highest BCUT2D eigenvalue weighted by Gasteiger charge is 2.17. The van der Waals surface area contributed by atoms with E-state index in [-0.39, 0.29) is 41.2 Å². The maximum Gasteiger partial charge on any atom is 0.331 e. The SMILES string of the molecule is O=C(CCCCn1c(=O)c2ccccc2n(Cc2c(F)cccc2Cl)c1=O)NC1CCCCC1. The Balaban J connectivity index is 1.52. The van der Waals surface area contributed by atoms with Crippen LogP contribution < -0.4 is 16.6 Å². The summed E-state index contributed by atoms with van der Waals surface area (Å²) in [4.78, 5) is 38.6. The number of hydrogen-bond acceptors (Lipinski definition) is 3. The van der Waals surface area contributed by atoms with Crippen molar-refractivity contribution in [3.05, 3.63) is 79.7 Å². The predicted molar refractivity (Wildman–Crippen MR) is 132 cm³/mol. The van der Waals surface area contributed by atoms with Gasteiger partial charge in [-0.2, -0.15) is 0 Å². The van der Waals surface area contributed by atoms with Gasteiger partial charge in [-0.3, -0.25) is 18.7 Å². The maximum atomic E-state index is 14.4. The van der Waals surface area contributed by atoms with Gasteiger partial charge in [-0.15, -0.1) is 0 Å². The lowest BCUT2D eigenvalue weighted by molar-refractivity contribution is -0.122. The number of rotatable bonds is 8. The van der Waals surface area contributed by atoms with E-state index in [0.29, 0.717) is 30.2 Å². The molecule has 4 rings (SSSR count). The number of carbonyl (C=O) groups excluding carboxylic acids is 1. The van der Waals surface area contributed by atoms with Gasteiger partial charge in [-0.05, 0) is 49.9 Å². The monoisotopic (exact) mass is 485 g/mol. The minimum Gasteiger partial charge on any atom is -0.353 e. The Morgan fingerprint density at radius 2 is 1.76 bits per heavy atom. The highest BCUT2D eigenvalue weighted by atomic mass is 35.5. The Bertz CT molecular complexity index is 1270. The van der Waals surface area contributed by atoms with E-state index in [1.54, 1.807) is 30.3 Å². The van der Waals surface area contributed by atoms with Crippen LogP contribution in [0.4, 0.5) is 4.39 Å². The minimum absolute atomic E-state index is 0.0179. The van der Waals surface area contributed by atoms with Gasteiger partial charge in [0, 0.05) is 29.6 Å². The fourth-order valence-corrected chi connectivity index (χ4v) is 4.89. The van der Waals surface area contributed by atoms with E-state index >= 15 is 0 Å². The molecule has 3 aromatic rings. The van der Waals surface area contributed by atoms with Crippen molar-refractivity contribution in [3.8, 4) is 0 Å². The van der Waals surface area contributed by atoms with Crippen LogP contribution in [0, 0.1) is 5.82 Å². The second-order valence-electron chi connectivity index (χ2n) is 8.90. The maximum absolute atomic E-state index is 14.4. The zero-order valence-electron chi connectivity index (χ0n) is 19.1. The third-order valence-corrected chi connectivity index (χ3v) is 6.87. The molecule has 1 heterocycles. The van der Waals surface area contributed by atoms with E-state index in [1.165, 1.54) is 27.7 Å². The first-order valence-corrected chi connectivity index (χ1v) is 12.3. The number of halogens is 2. The molecule has 8 heteroatoms. The molecule has 1 saturated carbocycles. The van der Waals surface area contributed by atoms with Gasteiger partial charge in [0.05, 0.1) is 17.4 Å². The largest absolute Gasteiger partial charge is 0.353 e. The average molecular weight is 486 g/mol. The molecule has 34 heavy (non-hydrogen) atoms. The lowest BCUT2D eigenvalue weighted by atomic mass is 9.95. The summed E-state index contributed by atoms with van der Waals surface area (Å²) in [6, 6.07) is 11.4. The van der Waals surface area contributed by atoms with Crippen LogP contribution in [0.15, 0.2) is 52.1 Å². The molecule has 0 atom stereocenters. The molecule has 0 unspecified atom stereocenters. The molecule has 1 fully saturated rings. The molecule has 1 amide bonds. The molecule has 1 aromatic heterocycles. The van der Waals surface area contributed by atoms with E-state index in [1.807, 2.05) is 0 Å². The van der Waals surface area contributed by atoms with Gasteiger partial charge in [0.2, 0.25) is 5.91 Å². The van der Waals surface area contributed by atoms with Gasteiger partial charge in [0.25, 0.3) is 5.56 Å². The third kappa shape index (κ3) is 5.41. The smallest absolute Gasteiger partial charge is 0.331 e. The molecule has 1 aliphatic carbocycles. The molecule has 0 aliphatic heterocycles. The number of para-hydroxylation sites is 1. The van der Waals surface area contributed by atoms with Crippen molar-refractivity contribution in [1.29, 1.82) is 0 Å². The summed E-state index contributed by atoms with van der Waals surface area (Å²) in [6.07, 6.45) is 7.03. The Morgan fingerprint density at radius 1 is 1.00 bits per heavy atom. The van der Waals surface area contributed by atoms with Crippen molar-refractivity contribution < 1.29 is 9.18 Å². The molecule has 1 N–H and O–H groups in total. The number of amides is 1. The van der Waals surface area contributed by atoms with Gasteiger partial charge >= 0.3 is 5.69 Å². The number of fused-ring (bicyclic) bond motifs is 1. The molecule has 6 nitrogen and oxygen atoms in total. The Labute approximate surface area is 202 Å². The Kier molecular flexibility index (Phi) is 7.83. The van der Waals surface area contributed by atoms with Gasteiger partial charge in [0.15, 0.2) is 0 Å². The van der Waals surface area contributed by atoms with Crippen molar-refractivity contribution in [1.82, 2.24) is 14.5 Å². The first-order valence-electron chi connectivity index (χ1n) is 11.9. The van der Waals surface area contributed by atoms with Crippen molar-refractivity contribution in [2.24, 2.45) is 0 Å². The fraction of sp³-hybridized carbons (Fsp3) is 0.423.